The average molecular weight is 260 g/mol. The van der Waals surface area contributed by atoms with Crippen LogP contribution in [0.3, 0.4) is 0 Å². The van der Waals surface area contributed by atoms with Crippen LogP contribution in [0.25, 0.3) is 11.2 Å². The molecular formula is C12H10ClN5. The van der Waals surface area contributed by atoms with Gasteiger partial charge in [-0.15, -0.1) is 0 Å². The van der Waals surface area contributed by atoms with Crippen LogP contribution in [0.1, 0.15) is 5.56 Å². The molecule has 6 heteroatoms. The third kappa shape index (κ3) is 1.89. The lowest BCUT2D eigenvalue weighted by Gasteiger charge is -2.08. The molecule has 0 bridgehead atoms. The molecule has 2 aromatic heterocycles. The fourth-order valence-corrected chi connectivity index (χ4v) is 1.90. The van der Waals surface area contributed by atoms with Gasteiger partial charge < -0.3 is 10.3 Å². The van der Waals surface area contributed by atoms with Gasteiger partial charge in [0, 0.05) is 5.69 Å². The SMILES string of the molecule is Cc1ccccc1Nc1nc(Cl)nc2nc[nH]c12. The van der Waals surface area contributed by atoms with Crippen molar-refractivity contribution in [1.82, 2.24) is 19.9 Å². The van der Waals surface area contributed by atoms with Gasteiger partial charge in [0.15, 0.2) is 11.5 Å². The third-order valence-electron chi connectivity index (χ3n) is 2.66. The minimum Gasteiger partial charge on any atom is -0.340 e. The Morgan fingerprint density at radius 1 is 1.22 bits per heavy atom. The van der Waals surface area contributed by atoms with Gasteiger partial charge in [0.25, 0.3) is 0 Å². The zero-order valence-electron chi connectivity index (χ0n) is 9.61. The maximum Gasteiger partial charge on any atom is 0.226 e. The first-order valence-electron chi connectivity index (χ1n) is 5.43. The van der Waals surface area contributed by atoms with Crippen molar-refractivity contribution >= 4 is 34.3 Å². The van der Waals surface area contributed by atoms with Crippen LogP contribution in [0.2, 0.25) is 5.28 Å². The predicted molar refractivity (Wildman–Crippen MR) is 71.2 cm³/mol. The Morgan fingerprint density at radius 2 is 2.06 bits per heavy atom. The van der Waals surface area contributed by atoms with Gasteiger partial charge in [-0.05, 0) is 30.2 Å². The number of aryl methyl sites for hydroxylation is 1. The number of aromatic amines is 1. The highest BCUT2D eigenvalue weighted by molar-refractivity contribution is 6.28. The van der Waals surface area contributed by atoms with Crippen LogP contribution in [-0.2, 0) is 0 Å². The van der Waals surface area contributed by atoms with Gasteiger partial charge in [-0.3, -0.25) is 0 Å². The summed E-state index contributed by atoms with van der Waals surface area (Å²) in [5.41, 5.74) is 3.39. The molecule has 2 N–H and O–H groups in total. The molecule has 18 heavy (non-hydrogen) atoms. The minimum atomic E-state index is 0.172. The zero-order valence-corrected chi connectivity index (χ0v) is 10.4. The van der Waals surface area contributed by atoms with Crippen LogP contribution in [0.4, 0.5) is 11.5 Å². The Bertz CT molecular complexity index is 707. The van der Waals surface area contributed by atoms with Crippen LogP contribution in [-0.4, -0.2) is 19.9 Å². The van der Waals surface area contributed by atoms with E-state index in [0.717, 1.165) is 16.8 Å². The first kappa shape index (κ1) is 11.0. The topological polar surface area (TPSA) is 66.5 Å². The quantitative estimate of drug-likeness (QED) is 0.694. The fraction of sp³-hybridized carbons (Fsp3) is 0.0833. The summed E-state index contributed by atoms with van der Waals surface area (Å²) in [7, 11) is 0. The predicted octanol–water partition coefficient (Wildman–Crippen LogP) is 3.06. The van der Waals surface area contributed by atoms with E-state index in [4.69, 9.17) is 11.6 Å². The molecule has 2 heterocycles. The van der Waals surface area contributed by atoms with Crippen molar-refractivity contribution in [2.45, 2.75) is 6.92 Å². The number of fused-ring (bicyclic) bond motifs is 1. The molecule has 0 aliphatic rings. The highest BCUT2D eigenvalue weighted by Gasteiger charge is 2.09. The number of nitrogens with zero attached hydrogens (tertiary/aromatic N) is 3. The second-order valence-corrected chi connectivity index (χ2v) is 4.22. The molecule has 0 saturated carbocycles. The number of nitrogens with one attached hydrogen (secondary N) is 2. The molecule has 0 aliphatic carbocycles. The van der Waals surface area contributed by atoms with Gasteiger partial charge in [0.05, 0.1) is 6.33 Å². The highest BCUT2D eigenvalue weighted by atomic mass is 35.5. The van der Waals surface area contributed by atoms with Crippen molar-refractivity contribution in [3.63, 3.8) is 0 Å². The van der Waals surface area contributed by atoms with Crippen molar-refractivity contribution in [2.75, 3.05) is 5.32 Å². The second-order valence-electron chi connectivity index (χ2n) is 3.88. The van der Waals surface area contributed by atoms with Crippen LogP contribution >= 0.6 is 11.6 Å². The molecule has 0 radical (unpaired) electrons. The van der Waals surface area contributed by atoms with E-state index in [0.29, 0.717) is 11.5 Å². The summed E-state index contributed by atoms with van der Waals surface area (Å²) in [5.74, 6) is 0.622. The molecule has 0 fully saturated rings. The van der Waals surface area contributed by atoms with Crippen LogP contribution < -0.4 is 5.32 Å². The maximum absolute atomic E-state index is 5.87. The molecular weight excluding hydrogens is 250 g/mol. The Kier molecular flexibility index (Phi) is 2.60. The van der Waals surface area contributed by atoms with Gasteiger partial charge in [0.1, 0.15) is 5.52 Å². The van der Waals surface area contributed by atoms with E-state index in [1.54, 1.807) is 6.33 Å². The van der Waals surface area contributed by atoms with Gasteiger partial charge in [-0.25, -0.2) is 4.98 Å². The van der Waals surface area contributed by atoms with E-state index in [9.17, 15) is 0 Å². The number of H-pyrrole nitrogens is 1. The standard InChI is InChI=1S/C12H10ClN5/c1-7-4-2-3-5-8(7)16-11-9-10(15-6-14-9)17-12(13)18-11/h2-6H,1H3,(H2,14,15,16,17,18). The number of imidazole rings is 1. The molecule has 1 aromatic carbocycles. The Hall–Kier alpha value is -2.14. The zero-order chi connectivity index (χ0) is 12.5. The number of hydrogen-bond acceptors (Lipinski definition) is 4. The first-order chi connectivity index (χ1) is 8.74. The molecule has 0 spiro atoms. The van der Waals surface area contributed by atoms with Crippen LogP contribution in [0, 0.1) is 6.92 Å². The van der Waals surface area contributed by atoms with Crippen LogP contribution in [0.15, 0.2) is 30.6 Å². The number of rotatable bonds is 2. The van der Waals surface area contributed by atoms with Crippen molar-refractivity contribution in [3.8, 4) is 0 Å². The fourth-order valence-electron chi connectivity index (χ4n) is 1.74. The van der Waals surface area contributed by atoms with Crippen LogP contribution in [0.5, 0.6) is 0 Å². The number of anilines is 2. The second kappa shape index (κ2) is 4.27. The molecule has 0 atom stereocenters. The molecule has 3 rings (SSSR count). The lowest BCUT2D eigenvalue weighted by Crippen LogP contribution is -1.98. The number of aromatic nitrogens is 4. The average Bonchev–Trinajstić information content (AvgIpc) is 2.80. The number of hydrogen-bond donors (Lipinski definition) is 2. The number of halogens is 1. The smallest absolute Gasteiger partial charge is 0.226 e. The largest absolute Gasteiger partial charge is 0.340 e. The molecule has 3 aromatic rings. The van der Waals surface area contributed by atoms with Gasteiger partial charge in [-0.2, -0.15) is 9.97 Å². The van der Waals surface area contributed by atoms with Gasteiger partial charge in [-0.1, -0.05) is 18.2 Å². The first-order valence-corrected chi connectivity index (χ1v) is 5.81. The van der Waals surface area contributed by atoms with Crippen molar-refractivity contribution in [1.29, 1.82) is 0 Å². The molecule has 0 unspecified atom stereocenters. The minimum absolute atomic E-state index is 0.172. The lowest BCUT2D eigenvalue weighted by molar-refractivity contribution is 1.19. The van der Waals surface area contributed by atoms with E-state index in [1.165, 1.54) is 0 Å². The van der Waals surface area contributed by atoms with E-state index in [1.807, 2.05) is 31.2 Å². The van der Waals surface area contributed by atoms with E-state index in [2.05, 4.69) is 25.3 Å². The maximum atomic E-state index is 5.87. The summed E-state index contributed by atoms with van der Waals surface area (Å²) in [6.07, 6.45) is 1.57. The van der Waals surface area contributed by atoms with E-state index in [-0.39, 0.29) is 5.28 Å². The molecule has 0 amide bonds. The van der Waals surface area contributed by atoms with Crippen molar-refractivity contribution in [2.24, 2.45) is 0 Å². The summed E-state index contributed by atoms with van der Waals surface area (Å²) in [6, 6.07) is 7.95. The monoisotopic (exact) mass is 259 g/mol. The van der Waals surface area contributed by atoms with E-state index >= 15 is 0 Å². The number of para-hydroxylation sites is 1. The number of benzene rings is 1. The third-order valence-corrected chi connectivity index (χ3v) is 2.83. The summed E-state index contributed by atoms with van der Waals surface area (Å²) >= 11 is 5.87. The summed E-state index contributed by atoms with van der Waals surface area (Å²) in [6.45, 7) is 2.02. The summed E-state index contributed by atoms with van der Waals surface area (Å²) in [4.78, 5) is 15.3. The van der Waals surface area contributed by atoms with Gasteiger partial charge in [0.2, 0.25) is 5.28 Å². The van der Waals surface area contributed by atoms with E-state index < -0.39 is 0 Å². The highest BCUT2D eigenvalue weighted by Crippen LogP contribution is 2.24. The normalized spacial score (nSPS) is 10.8. The van der Waals surface area contributed by atoms with Crippen molar-refractivity contribution in [3.05, 3.63) is 41.4 Å². The lowest BCUT2D eigenvalue weighted by atomic mass is 10.2. The summed E-state index contributed by atoms with van der Waals surface area (Å²) in [5, 5.41) is 3.41. The summed E-state index contributed by atoms with van der Waals surface area (Å²) < 4.78 is 0. The molecule has 5 nitrogen and oxygen atoms in total. The Morgan fingerprint density at radius 3 is 2.89 bits per heavy atom. The van der Waals surface area contributed by atoms with Gasteiger partial charge >= 0.3 is 0 Å². The molecule has 0 saturated heterocycles. The molecule has 90 valence electrons. The van der Waals surface area contributed by atoms with Crippen molar-refractivity contribution < 1.29 is 0 Å². The Labute approximate surface area is 108 Å². The molecule has 0 aliphatic heterocycles. The Balaban J connectivity index is 2.10.